The Bertz CT molecular complexity index is 768. The third-order valence-corrected chi connectivity index (χ3v) is 3.74. The summed E-state index contributed by atoms with van der Waals surface area (Å²) in [4.78, 5) is 19.6. The number of fused-ring (bicyclic) bond motifs is 1. The van der Waals surface area contributed by atoms with Crippen LogP contribution in [-0.2, 0) is 4.79 Å². The van der Waals surface area contributed by atoms with E-state index >= 15 is 0 Å². The first kappa shape index (κ1) is 12.8. The Morgan fingerprint density at radius 1 is 1.35 bits per heavy atom. The highest BCUT2D eigenvalue weighted by atomic mass is 32.2. The van der Waals surface area contributed by atoms with Gasteiger partial charge in [-0.2, -0.15) is 0 Å². The van der Waals surface area contributed by atoms with E-state index in [4.69, 9.17) is 0 Å². The average molecular weight is 284 g/mol. The number of Topliss-reactive ketones (excluding diaryl/α,β-unsaturated/α-hetero) is 1. The summed E-state index contributed by atoms with van der Waals surface area (Å²) in [6.45, 7) is 1.55. The molecule has 0 atom stereocenters. The molecular weight excluding hydrogens is 272 g/mol. The molecule has 0 amide bonds. The molecule has 6 heteroatoms. The number of pyridine rings is 1. The summed E-state index contributed by atoms with van der Waals surface area (Å²) in [7, 11) is 0. The predicted molar refractivity (Wildman–Crippen MR) is 78.5 cm³/mol. The fraction of sp³-hybridized carbons (Fsp3) is 0.143. The van der Waals surface area contributed by atoms with Crippen LogP contribution in [-0.4, -0.2) is 31.7 Å². The number of aromatic nitrogens is 4. The lowest BCUT2D eigenvalue weighted by atomic mass is 10.1. The Hall–Kier alpha value is -2.21. The Morgan fingerprint density at radius 3 is 3.10 bits per heavy atom. The number of nitrogens with zero attached hydrogens (tertiary/aromatic N) is 3. The van der Waals surface area contributed by atoms with Crippen molar-refractivity contribution in [2.45, 2.75) is 12.1 Å². The van der Waals surface area contributed by atoms with E-state index in [2.05, 4.69) is 20.2 Å². The second-order valence-corrected chi connectivity index (χ2v) is 5.31. The van der Waals surface area contributed by atoms with Gasteiger partial charge in [0, 0.05) is 17.1 Å². The number of carbonyl (C=O) groups excluding carboxylic acids is 1. The summed E-state index contributed by atoms with van der Waals surface area (Å²) >= 11 is 1.33. The fourth-order valence-electron chi connectivity index (χ4n) is 1.83. The quantitative estimate of drug-likeness (QED) is 0.746. The topological polar surface area (TPSA) is 71.5 Å². The minimum atomic E-state index is 0.109. The number of hydrogen-bond acceptors (Lipinski definition) is 5. The smallest absolute Gasteiger partial charge is 0.209 e. The van der Waals surface area contributed by atoms with Crippen LogP contribution < -0.4 is 0 Å². The van der Waals surface area contributed by atoms with Gasteiger partial charge in [0.2, 0.25) is 5.16 Å². The lowest BCUT2D eigenvalue weighted by Crippen LogP contribution is -1.93. The first-order valence-electron chi connectivity index (χ1n) is 6.12. The highest BCUT2D eigenvalue weighted by Crippen LogP contribution is 2.22. The van der Waals surface area contributed by atoms with Crippen molar-refractivity contribution >= 4 is 28.4 Å². The van der Waals surface area contributed by atoms with Gasteiger partial charge >= 0.3 is 0 Å². The van der Waals surface area contributed by atoms with Crippen LogP contribution in [0.2, 0.25) is 0 Å². The molecule has 0 unspecified atom stereocenters. The fourth-order valence-corrected chi connectivity index (χ4v) is 2.43. The highest BCUT2D eigenvalue weighted by Gasteiger charge is 2.08. The highest BCUT2D eigenvalue weighted by molar-refractivity contribution is 7.99. The summed E-state index contributed by atoms with van der Waals surface area (Å²) in [5.41, 5.74) is 1.90. The lowest BCUT2D eigenvalue weighted by molar-refractivity contribution is -0.114. The number of thioether (sulfide) groups is 1. The maximum Gasteiger partial charge on any atom is 0.209 e. The van der Waals surface area contributed by atoms with Gasteiger partial charge in [-0.3, -0.25) is 14.9 Å². The van der Waals surface area contributed by atoms with Crippen LogP contribution in [0.3, 0.4) is 0 Å². The molecule has 2 heterocycles. The Kier molecular flexibility index (Phi) is 3.47. The van der Waals surface area contributed by atoms with E-state index in [0.717, 1.165) is 16.5 Å². The van der Waals surface area contributed by atoms with Gasteiger partial charge in [0.05, 0.1) is 11.3 Å². The number of rotatable bonds is 4. The molecule has 3 rings (SSSR count). The van der Waals surface area contributed by atoms with Gasteiger partial charge in [0.15, 0.2) is 5.82 Å². The van der Waals surface area contributed by atoms with Crippen molar-refractivity contribution in [3.8, 4) is 11.4 Å². The molecule has 0 saturated carbocycles. The molecule has 100 valence electrons. The largest absolute Gasteiger partial charge is 0.299 e. The third-order valence-electron chi connectivity index (χ3n) is 2.75. The molecule has 2 aromatic heterocycles. The summed E-state index contributed by atoms with van der Waals surface area (Å²) in [6.07, 6.45) is 1.77. The number of benzene rings is 1. The van der Waals surface area contributed by atoms with Gasteiger partial charge in [0.25, 0.3) is 0 Å². The minimum Gasteiger partial charge on any atom is -0.299 e. The van der Waals surface area contributed by atoms with E-state index in [1.165, 1.54) is 11.8 Å². The molecule has 1 aromatic carbocycles. The Morgan fingerprint density at radius 2 is 2.25 bits per heavy atom. The van der Waals surface area contributed by atoms with E-state index in [9.17, 15) is 4.79 Å². The van der Waals surface area contributed by atoms with E-state index < -0.39 is 0 Å². The SMILES string of the molecule is CC(=O)CSc1n[nH]c(-c2ccc3ncccc3c2)n1. The zero-order valence-corrected chi connectivity index (χ0v) is 11.6. The van der Waals surface area contributed by atoms with Crippen LogP contribution in [0.4, 0.5) is 0 Å². The molecule has 20 heavy (non-hydrogen) atoms. The molecule has 0 saturated heterocycles. The summed E-state index contributed by atoms with van der Waals surface area (Å²) in [5.74, 6) is 1.19. The van der Waals surface area contributed by atoms with Gasteiger partial charge in [0.1, 0.15) is 5.78 Å². The van der Waals surface area contributed by atoms with Crippen molar-refractivity contribution in [1.82, 2.24) is 20.2 Å². The summed E-state index contributed by atoms with van der Waals surface area (Å²) in [5, 5.41) is 8.64. The number of H-pyrrole nitrogens is 1. The van der Waals surface area contributed by atoms with Gasteiger partial charge in [-0.25, -0.2) is 4.98 Å². The number of aromatic amines is 1. The number of carbonyl (C=O) groups is 1. The van der Waals surface area contributed by atoms with Crippen molar-refractivity contribution in [1.29, 1.82) is 0 Å². The van der Waals surface area contributed by atoms with Crippen molar-refractivity contribution in [3.05, 3.63) is 36.5 Å². The maximum absolute atomic E-state index is 10.9. The number of nitrogens with one attached hydrogen (secondary N) is 1. The molecular formula is C14H12N4OS. The summed E-state index contributed by atoms with van der Waals surface area (Å²) in [6, 6.07) is 9.83. The van der Waals surface area contributed by atoms with Gasteiger partial charge in [-0.1, -0.05) is 17.8 Å². The van der Waals surface area contributed by atoms with E-state index in [0.29, 0.717) is 16.7 Å². The van der Waals surface area contributed by atoms with E-state index in [-0.39, 0.29) is 5.78 Å². The van der Waals surface area contributed by atoms with Crippen LogP contribution in [0.25, 0.3) is 22.3 Å². The van der Waals surface area contributed by atoms with Gasteiger partial charge < -0.3 is 0 Å². The Labute approximate surface area is 119 Å². The second kappa shape index (κ2) is 5.42. The summed E-state index contributed by atoms with van der Waals surface area (Å²) < 4.78 is 0. The molecule has 0 aliphatic rings. The van der Waals surface area contributed by atoms with Crippen molar-refractivity contribution in [2.24, 2.45) is 0 Å². The van der Waals surface area contributed by atoms with Crippen molar-refractivity contribution < 1.29 is 4.79 Å². The van der Waals surface area contributed by atoms with Crippen LogP contribution in [0.1, 0.15) is 6.92 Å². The molecule has 0 aliphatic carbocycles. The Balaban J connectivity index is 1.89. The first-order valence-corrected chi connectivity index (χ1v) is 7.11. The minimum absolute atomic E-state index is 0.109. The molecule has 0 fully saturated rings. The van der Waals surface area contributed by atoms with Crippen molar-refractivity contribution in [3.63, 3.8) is 0 Å². The van der Waals surface area contributed by atoms with E-state index in [1.807, 2.05) is 30.3 Å². The predicted octanol–water partition coefficient (Wildman–Crippen LogP) is 2.70. The van der Waals surface area contributed by atoms with Crippen LogP contribution >= 0.6 is 11.8 Å². The van der Waals surface area contributed by atoms with Crippen LogP contribution in [0.5, 0.6) is 0 Å². The molecule has 1 N–H and O–H groups in total. The zero-order chi connectivity index (χ0) is 13.9. The molecule has 3 aromatic rings. The van der Waals surface area contributed by atoms with Gasteiger partial charge in [-0.15, -0.1) is 5.10 Å². The molecule has 0 bridgehead atoms. The molecule has 5 nitrogen and oxygen atoms in total. The van der Waals surface area contributed by atoms with Crippen LogP contribution in [0.15, 0.2) is 41.7 Å². The molecule has 0 aliphatic heterocycles. The average Bonchev–Trinajstić information content (AvgIpc) is 2.93. The third kappa shape index (κ3) is 2.70. The maximum atomic E-state index is 10.9. The monoisotopic (exact) mass is 284 g/mol. The molecule has 0 spiro atoms. The standard InChI is InChI=1S/C14H12N4OS/c1-9(19)8-20-14-16-13(17-18-14)11-4-5-12-10(7-11)3-2-6-15-12/h2-7H,8H2,1H3,(H,16,17,18). The normalized spacial score (nSPS) is 10.8. The number of hydrogen-bond donors (Lipinski definition) is 1. The van der Waals surface area contributed by atoms with E-state index in [1.54, 1.807) is 13.1 Å². The van der Waals surface area contributed by atoms with Gasteiger partial charge in [-0.05, 0) is 31.2 Å². The second-order valence-electron chi connectivity index (χ2n) is 4.37. The van der Waals surface area contributed by atoms with Crippen molar-refractivity contribution in [2.75, 3.05) is 5.75 Å². The molecule has 0 radical (unpaired) electrons. The zero-order valence-electron chi connectivity index (χ0n) is 10.8. The van der Waals surface area contributed by atoms with Crippen LogP contribution in [0, 0.1) is 0 Å². The lowest BCUT2D eigenvalue weighted by Gasteiger charge is -1.99. The number of ketones is 1. The first-order chi connectivity index (χ1) is 9.72.